The second kappa shape index (κ2) is 7.89. The number of benzene rings is 2. The SMILES string of the molecule is Cc1ccc(NC(=S)N(Cc2nnc(-c3ccc(Cl)cc3)o2)C2CC2)cc1C. The fourth-order valence-electron chi connectivity index (χ4n) is 2.94. The summed E-state index contributed by atoms with van der Waals surface area (Å²) in [5.41, 5.74) is 4.33. The highest BCUT2D eigenvalue weighted by molar-refractivity contribution is 7.80. The van der Waals surface area contributed by atoms with Crippen LogP contribution in [-0.4, -0.2) is 26.3 Å². The Balaban J connectivity index is 1.47. The lowest BCUT2D eigenvalue weighted by Gasteiger charge is -2.24. The lowest BCUT2D eigenvalue weighted by atomic mass is 10.1. The highest BCUT2D eigenvalue weighted by atomic mass is 35.5. The Kier molecular flexibility index (Phi) is 5.33. The van der Waals surface area contributed by atoms with Gasteiger partial charge in [0.25, 0.3) is 0 Å². The molecular formula is C21H21ClN4OS. The molecule has 0 aliphatic heterocycles. The van der Waals surface area contributed by atoms with E-state index in [9.17, 15) is 0 Å². The number of nitrogens with one attached hydrogen (secondary N) is 1. The summed E-state index contributed by atoms with van der Waals surface area (Å²) in [7, 11) is 0. The summed E-state index contributed by atoms with van der Waals surface area (Å²) >= 11 is 11.6. The molecule has 0 unspecified atom stereocenters. The molecule has 1 heterocycles. The summed E-state index contributed by atoms with van der Waals surface area (Å²) in [6, 6.07) is 14.0. The molecule has 0 bridgehead atoms. The molecule has 0 radical (unpaired) electrons. The maximum atomic E-state index is 5.94. The van der Waals surface area contributed by atoms with Gasteiger partial charge in [0, 0.05) is 22.3 Å². The zero-order chi connectivity index (χ0) is 19.7. The fourth-order valence-corrected chi connectivity index (χ4v) is 3.40. The molecule has 3 aromatic rings. The van der Waals surface area contributed by atoms with E-state index in [-0.39, 0.29) is 0 Å². The molecule has 7 heteroatoms. The molecule has 0 atom stereocenters. The van der Waals surface area contributed by atoms with Crippen LogP contribution >= 0.6 is 23.8 Å². The Labute approximate surface area is 174 Å². The first-order valence-corrected chi connectivity index (χ1v) is 10.0. The van der Waals surface area contributed by atoms with Crippen LogP contribution in [0.1, 0.15) is 29.9 Å². The summed E-state index contributed by atoms with van der Waals surface area (Å²) in [4.78, 5) is 2.13. The third-order valence-corrected chi connectivity index (χ3v) is 5.46. The van der Waals surface area contributed by atoms with Crippen LogP contribution in [0.2, 0.25) is 5.02 Å². The lowest BCUT2D eigenvalue weighted by Crippen LogP contribution is -2.36. The second-order valence-corrected chi connectivity index (χ2v) is 7.92. The van der Waals surface area contributed by atoms with Gasteiger partial charge >= 0.3 is 0 Å². The number of aromatic nitrogens is 2. The van der Waals surface area contributed by atoms with Crippen LogP contribution in [0.25, 0.3) is 11.5 Å². The quantitative estimate of drug-likeness (QED) is 0.568. The molecule has 1 fully saturated rings. The first kappa shape index (κ1) is 18.9. The molecule has 5 nitrogen and oxygen atoms in total. The van der Waals surface area contributed by atoms with Gasteiger partial charge in [-0.1, -0.05) is 17.7 Å². The van der Waals surface area contributed by atoms with Gasteiger partial charge in [-0.05, 0) is 86.4 Å². The lowest BCUT2D eigenvalue weighted by molar-refractivity contribution is 0.351. The zero-order valence-electron chi connectivity index (χ0n) is 15.8. The summed E-state index contributed by atoms with van der Waals surface area (Å²) in [6.07, 6.45) is 2.24. The second-order valence-electron chi connectivity index (χ2n) is 7.10. The zero-order valence-corrected chi connectivity index (χ0v) is 17.3. The Hall–Kier alpha value is -2.44. The van der Waals surface area contributed by atoms with Crippen LogP contribution in [0.15, 0.2) is 46.9 Å². The first-order chi connectivity index (χ1) is 13.5. The normalized spacial score (nSPS) is 13.4. The van der Waals surface area contributed by atoms with Crippen LogP contribution in [0.4, 0.5) is 5.69 Å². The predicted molar refractivity (Wildman–Crippen MR) is 115 cm³/mol. The molecule has 2 aromatic carbocycles. The van der Waals surface area contributed by atoms with Crippen LogP contribution in [0.5, 0.6) is 0 Å². The number of hydrogen-bond donors (Lipinski definition) is 1. The number of halogens is 1. The summed E-state index contributed by atoms with van der Waals surface area (Å²) in [6.45, 7) is 4.68. The van der Waals surface area contributed by atoms with E-state index in [1.165, 1.54) is 11.1 Å². The van der Waals surface area contributed by atoms with Crippen molar-refractivity contribution < 1.29 is 4.42 Å². The Morgan fingerprint density at radius 2 is 1.89 bits per heavy atom. The molecule has 1 aromatic heterocycles. The largest absolute Gasteiger partial charge is 0.419 e. The van der Waals surface area contributed by atoms with Gasteiger partial charge in [-0.15, -0.1) is 10.2 Å². The van der Waals surface area contributed by atoms with Crippen molar-refractivity contribution in [3.63, 3.8) is 0 Å². The number of thiocarbonyl (C=S) groups is 1. The Morgan fingerprint density at radius 3 is 2.57 bits per heavy atom. The topological polar surface area (TPSA) is 54.2 Å². The van der Waals surface area contributed by atoms with Crippen molar-refractivity contribution in [2.75, 3.05) is 5.32 Å². The average molecular weight is 413 g/mol. The summed E-state index contributed by atoms with van der Waals surface area (Å²) in [5, 5.41) is 13.1. The van der Waals surface area contributed by atoms with Crippen LogP contribution < -0.4 is 5.32 Å². The number of rotatable bonds is 5. The van der Waals surface area contributed by atoms with Gasteiger partial charge in [0.2, 0.25) is 11.8 Å². The maximum Gasteiger partial charge on any atom is 0.247 e. The van der Waals surface area contributed by atoms with Crippen molar-refractivity contribution in [1.82, 2.24) is 15.1 Å². The van der Waals surface area contributed by atoms with Crippen molar-refractivity contribution >= 4 is 34.6 Å². The smallest absolute Gasteiger partial charge is 0.247 e. The summed E-state index contributed by atoms with van der Waals surface area (Å²) < 4.78 is 5.86. The van der Waals surface area contributed by atoms with Crippen molar-refractivity contribution in [3.05, 3.63) is 64.5 Å². The molecule has 1 N–H and O–H groups in total. The summed E-state index contributed by atoms with van der Waals surface area (Å²) in [5.74, 6) is 1.02. The monoisotopic (exact) mass is 412 g/mol. The van der Waals surface area contributed by atoms with Crippen LogP contribution in [0.3, 0.4) is 0 Å². The molecule has 1 saturated carbocycles. The molecule has 1 aliphatic rings. The van der Waals surface area contributed by atoms with Gasteiger partial charge in [-0.2, -0.15) is 0 Å². The molecule has 4 rings (SSSR count). The first-order valence-electron chi connectivity index (χ1n) is 9.23. The molecule has 0 saturated heterocycles. The van der Waals surface area contributed by atoms with E-state index in [1.54, 1.807) is 12.1 Å². The van der Waals surface area contributed by atoms with E-state index in [2.05, 4.69) is 46.4 Å². The van der Waals surface area contributed by atoms with Gasteiger partial charge in [0.15, 0.2) is 5.11 Å². The molecule has 0 amide bonds. The van der Waals surface area contributed by atoms with E-state index in [1.807, 2.05) is 18.2 Å². The number of anilines is 1. The number of aryl methyl sites for hydroxylation is 2. The van der Waals surface area contributed by atoms with Crippen LogP contribution in [0, 0.1) is 13.8 Å². The van der Waals surface area contributed by atoms with E-state index < -0.39 is 0 Å². The highest BCUT2D eigenvalue weighted by Crippen LogP contribution is 2.30. The molecule has 28 heavy (non-hydrogen) atoms. The van der Waals surface area contributed by atoms with E-state index >= 15 is 0 Å². The predicted octanol–water partition coefficient (Wildman–Crippen LogP) is 5.37. The van der Waals surface area contributed by atoms with Crippen molar-refractivity contribution in [3.8, 4) is 11.5 Å². The molecule has 144 valence electrons. The van der Waals surface area contributed by atoms with Gasteiger partial charge in [-0.25, -0.2) is 0 Å². The van der Waals surface area contributed by atoms with E-state index in [0.29, 0.717) is 34.5 Å². The van der Waals surface area contributed by atoms with E-state index in [0.717, 1.165) is 24.1 Å². The number of hydrogen-bond acceptors (Lipinski definition) is 4. The van der Waals surface area contributed by atoms with Crippen molar-refractivity contribution in [1.29, 1.82) is 0 Å². The minimum Gasteiger partial charge on any atom is -0.419 e. The maximum absolute atomic E-state index is 5.94. The Morgan fingerprint density at radius 1 is 1.14 bits per heavy atom. The van der Waals surface area contributed by atoms with Crippen LogP contribution in [-0.2, 0) is 6.54 Å². The third kappa shape index (κ3) is 4.34. The molecular weight excluding hydrogens is 392 g/mol. The third-order valence-electron chi connectivity index (χ3n) is 4.87. The van der Waals surface area contributed by atoms with Gasteiger partial charge in [-0.3, -0.25) is 0 Å². The molecule has 0 spiro atoms. The minimum atomic E-state index is 0.414. The van der Waals surface area contributed by atoms with Crippen molar-refractivity contribution in [2.24, 2.45) is 0 Å². The standard InChI is InChI=1S/C21H21ClN4OS/c1-13-3-8-17(11-14(13)2)23-21(28)26(18-9-10-18)12-19-24-25-20(27-19)15-4-6-16(22)7-5-15/h3-8,11,18H,9-10,12H2,1-2H3,(H,23,28). The van der Waals surface area contributed by atoms with Gasteiger partial charge in [0.1, 0.15) is 0 Å². The van der Waals surface area contributed by atoms with Gasteiger partial charge in [0.05, 0.1) is 6.54 Å². The van der Waals surface area contributed by atoms with E-state index in [4.69, 9.17) is 28.2 Å². The minimum absolute atomic E-state index is 0.414. The Bertz CT molecular complexity index is 998. The van der Waals surface area contributed by atoms with Crippen molar-refractivity contribution in [2.45, 2.75) is 39.3 Å². The highest BCUT2D eigenvalue weighted by Gasteiger charge is 2.32. The average Bonchev–Trinajstić information content (AvgIpc) is 3.41. The number of nitrogens with zero attached hydrogens (tertiary/aromatic N) is 3. The molecule has 1 aliphatic carbocycles. The van der Waals surface area contributed by atoms with Gasteiger partial charge < -0.3 is 14.6 Å². The fraction of sp³-hybridized carbons (Fsp3) is 0.286.